The Hall–Kier alpha value is -0.870. The molecule has 1 aliphatic heterocycles. The van der Waals surface area contributed by atoms with Crippen LogP contribution in [-0.4, -0.2) is 35.5 Å². The standard InChI is InChI=1S/C11H16O4/c1-7-3-4-9(13)5-11(7)10(15-11)6-14-8(2)12/h9-10,13H,1,3-6H2,2H3/t9?,10-,11+/m1/s1. The average Bonchev–Trinajstić information content (AvgIpc) is 2.84. The Bertz CT molecular complexity index is 299. The van der Waals surface area contributed by atoms with E-state index in [2.05, 4.69) is 6.58 Å². The molecule has 0 aromatic carbocycles. The quantitative estimate of drug-likeness (QED) is 0.417. The van der Waals surface area contributed by atoms with Gasteiger partial charge in [0.2, 0.25) is 0 Å². The van der Waals surface area contributed by atoms with Crippen molar-refractivity contribution in [2.24, 2.45) is 0 Å². The van der Waals surface area contributed by atoms with Gasteiger partial charge in [0.15, 0.2) is 0 Å². The molecule has 4 nitrogen and oxygen atoms in total. The van der Waals surface area contributed by atoms with E-state index in [1.165, 1.54) is 6.92 Å². The first kappa shape index (κ1) is 10.6. The number of rotatable bonds is 2. The number of epoxide rings is 1. The molecule has 1 unspecified atom stereocenters. The summed E-state index contributed by atoms with van der Waals surface area (Å²) in [4.78, 5) is 10.6. The predicted octanol–water partition coefficient (Wildman–Crippen LogP) is 0.788. The molecule has 1 N–H and O–H groups in total. The third kappa shape index (κ3) is 1.92. The van der Waals surface area contributed by atoms with Crippen LogP contribution in [0, 0.1) is 0 Å². The Morgan fingerprint density at radius 1 is 1.80 bits per heavy atom. The van der Waals surface area contributed by atoms with Gasteiger partial charge in [-0.3, -0.25) is 4.79 Å². The largest absolute Gasteiger partial charge is 0.463 e. The molecular weight excluding hydrogens is 196 g/mol. The fourth-order valence-electron chi connectivity index (χ4n) is 2.22. The van der Waals surface area contributed by atoms with Gasteiger partial charge in [-0.25, -0.2) is 0 Å². The van der Waals surface area contributed by atoms with Crippen LogP contribution in [0.5, 0.6) is 0 Å². The van der Waals surface area contributed by atoms with Gasteiger partial charge in [0, 0.05) is 13.3 Å². The van der Waals surface area contributed by atoms with Crippen LogP contribution < -0.4 is 0 Å². The highest BCUT2D eigenvalue weighted by Crippen LogP contribution is 2.50. The number of carbonyl (C=O) groups is 1. The molecule has 1 aliphatic carbocycles. The lowest BCUT2D eigenvalue weighted by atomic mass is 9.81. The molecule has 2 aliphatic rings. The summed E-state index contributed by atoms with van der Waals surface area (Å²) in [6.45, 7) is 5.60. The zero-order chi connectivity index (χ0) is 11.1. The molecular formula is C11H16O4. The summed E-state index contributed by atoms with van der Waals surface area (Å²) in [6, 6.07) is 0. The van der Waals surface area contributed by atoms with Gasteiger partial charge in [0.25, 0.3) is 0 Å². The lowest BCUT2D eigenvalue weighted by Gasteiger charge is -2.26. The molecule has 4 heteroatoms. The van der Waals surface area contributed by atoms with Crippen LogP contribution >= 0.6 is 0 Å². The highest BCUT2D eigenvalue weighted by atomic mass is 16.6. The maximum atomic E-state index is 10.6. The second-order valence-corrected chi connectivity index (χ2v) is 4.30. The van der Waals surface area contributed by atoms with Gasteiger partial charge in [0.1, 0.15) is 18.3 Å². The van der Waals surface area contributed by atoms with E-state index in [0.717, 1.165) is 18.4 Å². The van der Waals surface area contributed by atoms with E-state index < -0.39 is 5.60 Å². The number of carbonyl (C=O) groups excluding carboxylic acids is 1. The smallest absolute Gasteiger partial charge is 0.302 e. The summed E-state index contributed by atoms with van der Waals surface area (Å²) in [6.07, 6.45) is 1.70. The molecule has 2 fully saturated rings. The van der Waals surface area contributed by atoms with Crippen molar-refractivity contribution in [1.29, 1.82) is 0 Å². The third-order valence-electron chi connectivity index (χ3n) is 3.17. The summed E-state index contributed by atoms with van der Waals surface area (Å²) in [7, 11) is 0. The fourth-order valence-corrected chi connectivity index (χ4v) is 2.22. The molecule has 1 saturated carbocycles. The van der Waals surface area contributed by atoms with Crippen molar-refractivity contribution in [3.05, 3.63) is 12.2 Å². The van der Waals surface area contributed by atoms with Crippen LogP contribution in [0.3, 0.4) is 0 Å². The van der Waals surface area contributed by atoms with Crippen molar-refractivity contribution in [2.75, 3.05) is 6.61 Å². The summed E-state index contributed by atoms with van der Waals surface area (Å²) in [5, 5.41) is 9.57. The Kier molecular flexibility index (Phi) is 2.56. The number of hydrogen-bond donors (Lipinski definition) is 1. The molecule has 1 heterocycles. The number of aliphatic hydroxyl groups excluding tert-OH is 1. The van der Waals surface area contributed by atoms with E-state index in [1.54, 1.807) is 0 Å². The van der Waals surface area contributed by atoms with Crippen LogP contribution in [0.1, 0.15) is 26.2 Å². The van der Waals surface area contributed by atoms with Crippen molar-refractivity contribution >= 4 is 5.97 Å². The Labute approximate surface area is 88.9 Å². The lowest BCUT2D eigenvalue weighted by molar-refractivity contribution is -0.141. The van der Waals surface area contributed by atoms with Crippen LogP contribution in [-0.2, 0) is 14.3 Å². The molecule has 15 heavy (non-hydrogen) atoms. The summed E-state index contributed by atoms with van der Waals surface area (Å²) >= 11 is 0. The molecule has 0 aromatic heterocycles. The van der Waals surface area contributed by atoms with Crippen molar-refractivity contribution in [1.82, 2.24) is 0 Å². The summed E-state index contributed by atoms with van der Waals surface area (Å²) in [5.41, 5.74) is 0.609. The molecule has 1 saturated heterocycles. The molecule has 84 valence electrons. The zero-order valence-electron chi connectivity index (χ0n) is 8.86. The maximum absolute atomic E-state index is 10.6. The van der Waals surface area contributed by atoms with E-state index in [9.17, 15) is 9.90 Å². The van der Waals surface area contributed by atoms with Crippen LogP contribution in [0.4, 0.5) is 0 Å². The second-order valence-electron chi connectivity index (χ2n) is 4.30. The van der Waals surface area contributed by atoms with E-state index >= 15 is 0 Å². The van der Waals surface area contributed by atoms with Gasteiger partial charge < -0.3 is 14.6 Å². The average molecular weight is 212 g/mol. The van der Waals surface area contributed by atoms with E-state index in [0.29, 0.717) is 6.42 Å². The Morgan fingerprint density at radius 2 is 2.53 bits per heavy atom. The number of ether oxygens (including phenoxy) is 2. The Morgan fingerprint density at radius 3 is 3.20 bits per heavy atom. The monoisotopic (exact) mass is 212 g/mol. The maximum Gasteiger partial charge on any atom is 0.302 e. The minimum Gasteiger partial charge on any atom is -0.463 e. The van der Waals surface area contributed by atoms with E-state index in [-0.39, 0.29) is 24.8 Å². The first-order valence-corrected chi connectivity index (χ1v) is 5.22. The number of aliphatic hydroxyl groups is 1. The summed E-state index contributed by atoms with van der Waals surface area (Å²) < 4.78 is 10.4. The van der Waals surface area contributed by atoms with Crippen LogP contribution in [0.25, 0.3) is 0 Å². The second kappa shape index (κ2) is 3.61. The minimum absolute atomic E-state index is 0.108. The highest BCUT2D eigenvalue weighted by molar-refractivity contribution is 5.66. The highest BCUT2D eigenvalue weighted by Gasteiger charge is 2.60. The molecule has 0 radical (unpaired) electrons. The SMILES string of the molecule is C=C1CCC(O)C[C@]12O[C@@H]2COC(C)=O. The molecule has 1 spiro atoms. The van der Waals surface area contributed by atoms with Crippen molar-refractivity contribution in [3.63, 3.8) is 0 Å². The van der Waals surface area contributed by atoms with Gasteiger partial charge >= 0.3 is 5.97 Å². The third-order valence-corrected chi connectivity index (χ3v) is 3.17. The van der Waals surface area contributed by atoms with Crippen molar-refractivity contribution < 1.29 is 19.4 Å². The molecule has 0 amide bonds. The van der Waals surface area contributed by atoms with E-state index in [4.69, 9.17) is 9.47 Å². The molecule has 0 aromatic rings. The van der Waals surface area contributed by atoms with Crippen LogP contribution in [0.2, 0.25) is 0 Å². The number of hydrogen-bond acceptors (Lipinski definition) is 4. The normalized spacial score (nSPS) is 39.2. The molecule has 2 rings (SSSR count). The Balaban J connectivity index is 1.92. The van der Waals surface area contributed by atoms with E-state index in [1.807, 2.05) is 0 Å². The van der Waals surface area contributed by atoms with Crippen molar-refractivity contribution in [2.45, 2.75) is 44.0 Å². The van der Waals surface area contributed by atoms with Gasteiger partial charge in [-0.05, 0) is 18.4 Å². The minimum atomic E-state index is -0.410. The zero-order valence-corrected chi connectivity index (χ0v) is 8.86. The lowest BCUT2D eigenvalue weighted by Crippen LogP contribution is -2.31. The first-order valence-electron chi connectivity index (χ1n) is 5.22. The van der Waals surface area contributed by atoms with Gasteiger partial charge in [0.05, 0.1) is 6.10 Å². The predicted molar refractivity (Wildman–Crippen MR) is 53.2 cm³/mol. The fraction of sp³-hybridized carbons (Fsp3) is 0.727. The van der Waals surface area contributed by atoms with Crippen molar-refractivity contribution in [3.8, 4) is 0 Å². The number of esters is 1. The molecule has 3 atom stereocenters. The summed E-state index contributed by atoms with van der Waals surface area (Å²) in [5.74, 6) is -0.303. The first-order chi connectivity index (χ1) is 7.04. The topological polar surface area (TPSA) is 59.1 Å². The van der Waals surface area contributed by atoms with Gasteiger partial charge in [-0.15, -0.1) is 0 Å². The van der Waals surface area contributed by atoms with Crippen LogP contribution in [0.15, 0.2) is 12.2 Å². The molecule has 0 bridgehead atoms. The van der Waals surface area contributed by atoms with Gasteiger partial charge in [-0.1, -0.05) is 6.58 Å². The van der Waals surface area contributed by atoms with Gasteiger partial charge in [-0.2, -0.15) is 0 Å².